The van der Waals surface area contributed by atoms with E-state index in [4.69, 9.17) is 17.3 Å². The Morgan fingerprint density at radius 1 is 1.22 bits per heavy atom. The highest BCUT2D eigenvalue weighted by Gasteiger charge is 2.34. The number of benzene rings is 1. The SMILES string of the molecule is NCC1(c2c[nH]c3c(Cl)cccc23)CCCCC1. The molecule has 0 saturated heterocycles. The lowest BCUT2D eigenvalue weighted by molar-refractivity contribution is 0.303. The second-order valence-electron chi connectivity index (χ2n) is 5.41. The Labute approximate surface area is 113 Å². The van der Waals surface area contributed by atoms with E-state index in [9.17, 15) is 0 Å². The van der Waals surface area contributed by atoms with Crippen LogP contribution in [0.5, 0.6) is 0 Å². The second kappa shape index (κ2) is 4.60. The van der Waals surface area contributed by atoms with Crippen molar-refractivity contribution < 1.29 is 0 Å². The van der Waals surface area contributed by atoms with Gasteiger partial charge in [-0.3, -0.25) is 0 Å². The number of para-hydroxylation sites is 1. The molecule has 0 aliphatic heterocycles. The molecular formula is C15H19ClN2. The third-order valence-corrected chi connectivity index (χ3v) is 4.75. The first kappa shape index (κ1) is 12.1. The summed E-state index contributed by atoms with van der Waals surface area (Å²) in [5, 5.41) is 2.04. The van der Waals surface area contributed by atoms with Crippen molar-refractivity contribution >= 4 is 22.5 Å². The molecule has 1 heterocycles. The third-order valence-electron chi connectivity index (χ3n) is 4.44. The van der Waals surface area contributed by atoms with E-state index in [0.717, 1.165) is 17.1 Å². The Morgan fingerprint density at radius 3 is 2.72 bits per heavy atom. The molecule has 3 rings (SSSR count). The molecule has 1 saturated carbocycles. The summed E-state index contributed by atoms with van der Waals surface area (Å²) in [5.74, 6) is 0. The van der Waals surface area contributed by atoms with Crippen LogP contribution in [-0.4, -0.2) is 11.5 Å². The van der Waals surface area contributed by atoms with Gasteiger partial charge in [-0.2, -0.15) is 0 Å². The maximum absolute atomic E-state index is 6.24. The maximum Gasteiger partial charge on any atom is 0.0647 e. The summed E-state index contributed by atoms with van der Waals surface area (Å²) in [6.45, 7) is 0.729. The smallest absolute Gasteiger partial charge is 0.0647 e. The van der Waals surface area contributed by atoms with E-state index in [1.54, 1.807) is 0 Å². The van der Waals surface area contributed by atoms with Crippen molar-refractivity contribution in [2.45, 2.75) is 37.5 Å². The van der Waals surface area contributed by atoms with Crippen LogP contribution in [0.4, 0.5) is 0 Å². The van der Waals surface area contributed by atoms with E-state index in [1.165, 1.54) is 43.1 Å². The second-order valence-corrected chi connectivity index (χ2v) is 5.82. The highest BCUT2D eigenvalue weighted by molar-refractivity contribution is 6.35. The molecule has 3 heteroatoms. The molecule has 2 nitrogen and oxygen atoms in total. The number of fused-ring (bicyclic) bond motifs is 1. The zero-order valence-electron chi connectivity index (χ0n) is 10.5. The fourth-order valence-electron chi connectivity index (χ4n) is 3.37. The number of nitrogens with one attached hydrogen (secondary N) is 1. The first-order chi connectivity index (χ1) is 8.77. The van der Waals surface area contributed by atoms with Crippen LogP contribution in [0.25, 0.3) is 10.9 Å². The van der Waals surface area contributed by atoms with Crippen molar-refractivity contribution in [2.75, 3.05) is 6.54 Å². The lowest BCUT2D eigenvalue weighted by atomic mass is 9.69. The summed E-state index contributed by atoms with van der Waals surface area (Å²) in [7, 11) is 0. The van der Waals surface area contributed by atoms with Gasteiger partial charge in [0.15, 0.2) is 0 Å². The van der Waals surface area contributed by atoms with Crippen LogP contribution >= 0.6 is 11.6 Å². The minimum atomic E-state index is 0.154. The number of aromatic amines is 1. The van der Waals surface area contributed by atoms with Gasteiger partial charge in [0.25, 0.3) is 0 Å². The minimum absolute atomic E-state index is 0.154. The number of hydrogen-bond acceptors (Lipinski definition) is 1. The summed E-state index contributed by atoms with van der Waals surface area (Å²) in [4.78, 5) is 3.33. The molecule has 1 aliphatic carbocycles. The van der Waals surface area contributed by atoms with Crippen molar-refractivity contribution in [3.63, 3.8) is 0 Å². The zero-order valence-corrected chi connectivity index (χ0v) is 11.3. The zero-order chi connectivity index (χ0) is 12.6. The van der Waals surface area contributed by atoms with Crippen LogP contribution in [0.15, 0.2) is 24.4 Å². The molecule has 1 fully saturated rings. The number of nitrogens with two attached hydrogens (primary N) is 1. The van der Waals surface area contributed by atoms with E-state index in [2.05, 4.69) is 17.2 Å². The van der Waals surface area contributed by atoms with Crippen LogP contribution in [0.3, 0.4) is 0 Å². The van der Waals surface area contributed by atoms with Gasteiger partial charge in [-0.25, -0.2) is 0 Å². The Hall–Kier alpha value is -0.990. The summed E-state index contributed by atoms with van der Waals surface area (Å²) < 4.78 is 0. The van der Waals surface area contributed by atoms with Crippen LogP contribution in [0.2, 0.25) is 5.02 Å². The molecule has 1 aromatic heterocycles. The van der Waals surface area contributed by atoms with Gasteiger partial charge >= 0.3 is 0 Å². The fourth-order valence-corrected chi connectivity index (χ4v) is 3.60. The lowest BCUT2D eigenvalue weighted by Gasteiger charge is -2.36. The molecule has 96 valence electrons. The molecule has 2 aromatic rings. The molecule has 0 unspecified atom stereocenters. The summed E-state index contributed by atoms with van der Waals surface area (Å²) in [5.41, 5.74) is 8.68. The molecule has 1 aliphatic rings. The van der Waals surface area contributed by atoms with E-state index < -0.39 is 0 Å². The first-order valence-corrected chi connectivity index (χ1v) is 7.11. The van der Waals surface area contributed by atoms with Gasteiger partial charge < -0.3 is 10.7 Å². The van der Waals surface area contributed by atoms with Crippen molar-refractivity contribution in [1.82, 2.24) is 4.98 Å². The normalized spacial score (nSPS) is 19.2. The number of halogens is 1. The van der Waals surface area contributed by atoms with E-state index in [1.807, 2.05) is 12.1 Å². The van der Waals surface area contributed by atoms with Crippen LogP contribution in [0, 0.1) is 0 Å². The summed E-state index contributed by atoms with van der Waals surface area (Å²) in [6, 6.07) is 6.11. The van der Waals surface area contributed by atoms with Gasteiger partial charge in [0.1, 0.15) is 0 Å². The molecule has 1 aromatic carbocycles. The predicted molar refractivity (Wildman–Crippen MR) is 77.1 cm³/mol. The standard InChI is InChI=1S/C15H19ClN2/c16-13-6-4-5-11-12(9-18-14(11)13)15(10-17)7-2-1-3-8-15/h4-6,9,18H,1-3,7-8,10,17H2. The van der Waals surface area contributed by atoms with Crippen LogP contribution < -0.4 is 5.73 Å². The quantitative estimate of drug-likeness (QED) is 0.845. The summed E-state index contributed by atoms with van der Waals surface area (Å²) >= 11 is 6.24. The average molecular weight is 263 g/mol. The van der Waals surface area contributed by atoms with Crippen molar-refractivity contribution in [1.29, 1.82) is 0 Å². The van der Waals surface area contributed by atoms with Gasteiger partial charge in [-0.1, -0.05) is 43.0 Å². The van der Waals surface area contributed by atoms with Gasteiger partial charge in [0, 0.05) is 23.5 Å². The monoisotopic (exact) mass is 262 g/mol. The third kappa shape index (κ3) is 1.75. The van der Waals surface area contributed by atoms with E-state index >= 15 is 0 Å². The number of hydrogen-bond donors (Lipinski definition) is 2. The Bertz CT molecular complexity index is 553. The van der Waals surface area contributed by atoms with Gasteiger partial charge in [0.05, 0.1) is 10.5 Å². The maximum atomic E-state index is 6.24. The number of rotatable bonds is 2. The van der Waals surface area contributed by atoms with Gasteiger partial charge in [-0.15, -0.1) is 0 Å². The van der Waals surface area contributed by atoms with Gasteiger partial charge in [-0.05, 0) is 24.5 Å². The van der Waals surface area contributed by atoms with Crippen molar-refractivity contribution in [3.8, 4) is 0 Å². The average Bonchev–Trinajstić information content (AvgIpc) is 2.85. The fraction of sp³-hybridized carbons (Fsp3) is 0.467. The minimum Gasteiger partial charge on any atom is -0.360 e. The topological polar surface area (TPSA) is 41.8 Å². The Morgan fingerprint density at radius 2 is 2.00 bits per heavy atom. The first-order valence-electron chi connectivity index (χ1n) is 6.73. The lowest BCUT2D eigenvalue weighted by Crippen LogP contribution is -2.36. The molecule has 0 bridgehead atoms. The highest BCUT2D eigenvalue weighted by atomic mass is 35.5. The molecule has 0 spiro atoms. The summed E-state index contributed by atoms with van der Waals surface area (Å²) in [6.07, 6.45) is 8.42. The predicted octanol–water partition coefficient (Wildman–Crippen LogP) is 3.98. The van der Waals surface area contributed by atoms with E-state index in [0.29, 0.717) is 0 Å². The largest absolute Gasteiger partial charge is 0.360 e. The Balaban J connectivity index is 2.15. The molecule has 0 radical (unpaired) electrons. The molecular weight excluding hydrogens is 244 g/mol. The molecule has 0 atom stereocenters. The number of aromatic nitrogens is 1. The van der Waals surface area contributed by atoms with Crippen molar-refractivity contribution in [2.24, 2.45) is 5.73 Å². The molecule has 3 N–H and O–H groups in total. The molecule has 0 amide bonds. The molecule has 18 heavy (non-hydrogen) atoms. The number of H-pyrrole nitrogens is 1. The van der Waals surface area contributed by atoms with Gasteiger partial charge in [0.2, 0.25) is 0 Å². The van der Waals surface area contributed by atoms with E-state index in [-0.39, 0.29) is 5.41 Å². The van der Waals surface area contributed by atoms with Crippen LogP contribution in [-0.2, 0) is 5.41 Å². The Kier molecular flexibility index (Phi) is 3.08. The highest BCUT2D eigenvalue weighted by Crippen LogP contribution is 2.42. The van der Waals surface area contributed by atoms with Crippen molar-refractivity contribution in [3.05, 3.63) is 35.0 Å². The van der Waals surface area contributed by atoms with Crippen LogP contribution in [0.1, 0.15) is 37.7 Å².